The normalized spacial score (nSPS) is 31.8. The standard InChI is InChI=1S/C15H30N2/c1-12-6-4-5-7-15(12)17(3)13(2)10-11-16-14-8-9-14/h12-16H,4-11H2,1-3H3. The number of hydrogen-bond donors (Lipinski definition) is 1. The summed E-state index contributed by atoms with van der Waals surface area (Å²) in [6.45, 7) is 6.04. The quantitative estimate of drug-likeness (QED) is 0.765. The molecule has 3 atom stereocenters. The van der Waals surface area contributed by atoms with Crippen LogP contribution in [0.2, 0.25) is 0 Å². The summed E-state index contributed by atoms with van der Waals surface area (Å²) >= 11 is 0. The Hall–Kier alpha value is -0.0800. The average Bonchev–Trinajstić information content (AvgIpc) is 3.13. The molecule has 2 rings (SSSR count). The van der Waals surface area contributed by atoms with Crippen molar-refractivity contribution in [3.63, 3.8) is 0 Å². The maximum atomic E-state index is 3.63. The van der Waals surface area contributed by atoms with E-state index in [-0.39, 0.29) is 0 Å². The van der Waals surface area contributed by atoms with Gasteiger partial charge in [0.25, 0.3) is 0 Å². The van der Waals surface area contributed by atoms with Crippen LogP contribution in [0.25, 0.3) is 0 Å². The Bertz CT molecular complexity index is 225. The van der Waals surface area contributed by atoms with Gasteiger partial charge < -0.3 is 10.2 Å². The van der Waals surface area contributed by atoms with Gasteiger partial charge in [-0.25, -0.2) is 0 Å². The van der Waals surface area contributed by atoms with E-state index in [9.17, 15) is 0 Å². The van der Waals surface area contributed by atoms with Crippen molar-refractivity contribution in [3.8, 4) is 0 Å². The van der Waals surface area contributed by atoms with E-state index in [2.05, 4.69) is 31.1 Å². The van der Waals surface area contributed by atoms with Crippen molar-refractivity contribution in [1.29, 1.82) is 0 Å². The Morgan fingerprint density at radius 2 is 1.88 bits per heavy atom. The molecule has 2 nitrogen and oxygen atoms in total. The maximum absolute atomic E-state index is 3.63. The lowest BCUT2D eigenvalue weighted by Crippen LogP contribution is -2.44. The number of hydrogen-bond acceptors (Lipinski definition) is 2. The Morgan fingerprint density at radius 3 is 2.53 bits per heavy atom. The first-order chi connectivity index (χ1) is 8.18. The van der Waals surface area contributed by atoms with E-state index in [0.29, 0.717) is 0 Å². The first kappa shape index (κ1) is 13.4. The summed E-state index contributed by atoms with van der Waals surface area (Å²) in [5.41, 5.74) is 0. The molecule has 0 bridgehead atoms. The summed E-state index contributed by atoms with van der Waals surface area (Å²) in [4.78, 5) is 2.65. The highest BCUT2D eigenvalue weighted by atomic mass is 15.2. The lowest BCUT2D eigenvalue weighted by atomic mass is 9.84. The molecule has 0 aromatic carbocycles. The molecule has 0 spiro atoms. The highest BCUT2D eigenvalue weighted by Gasteiger charge is 2.27. The lowest BCUT2D eigenvalue weighted by molar-refractivity contribution is 0.0995. The molecule has 0 aliphatic heterocycles. The van der Waals surface area contributed by atoms with Crippen LogP contribution in [-0.2, 0) is 0 Å². The predicted octanol–water partition coefficient (Wildman–Crippen LogP) is 3.03. The fourth-order valence-electron chi connectivity index (χ4n) is 3.22. The van der Waals surface area contributed by atoms with Crippen LogP contribution in [0.15, 0.2) is 0 Å². The molecule has 2 aliphatic carbocycles. The predicted molar refractivity (Wildman–Crippen MR) is 74.3 cm³/mol. The monoisotopic (exact) mass is 238 g/mol. The Balaban J connectivity index is 1.70. The summed E-state index contributed by atoms with van der Waals surface area (Å²) in [7, 11) is 2.34. The smallest absolute Gasteiger partial charge is 0.0121 e. The third-order valence-corrected chi connectivity index (χ3v) is 4.86. The number of rotatable bonds is 6. The zero-order valence-corrected chi connectivity index (χ0v) is 11.9. The molecular formula is C15H30N2. The Morgan fingerprint density at radius 1 is 1.18 bits per heavy atom. The summed E-state index contributed by atoms with van der Waals surface area (Å²) in [6.07, 6.45) is 9.85. The minimum Gasteiger partial charge on any atom is -0.314 e. The van der Waals surface area contributed by atoms with Crippen LogP contribution in [0, 0.1) is 5.92 Å². The van der Waals surface area contributed by atoms with E-state index < -0.39 is 0 Å². The molecule has 0 saturated heterocycles. The van der Waals surface area contributed by atoms with Crippen molar-refractivity contribution in [2.24, 2.45) is 5.92 Å². The van der Waals surface area contributed by atoms with E-state index >= 15 is 0 Å². The van der Waals surface area contributed by atoms with Gasteiger partial charge in [-0.05, 0) is 58.5 Å². The van der Waals surface area contributed by atoms with Crippen LogP contribution in [0.3, 0.4) is 0 Å². The summed E-state index contributed by atoms with van der Waals surface area (Å²) in [6, 6.07) is 2.42. The number of nitrogens with one attached hydrogen (secondary N) is 1. The molecule has 2 saturated carbocycles. The highest BCUT2D eigenvalue weighted by molar-refractivity contribution is 4.84. The molecule has 0 aromatic rings. The first-order valence-electron chi connectivity index (χ1n) is 7.64. The van der Waals surface area contributed by atoms with Gasteiger partial charge in [-0.3, -0.25) is 0 Å². The molecule has 0 heterocycles. The van der Waals surface area contributed by atoms with Crippen molar-refractivity contribution in [3.05, 3.63) is 0 Å². The molecule has 2 aliphatic rings. The zero-order valence-electron chi connectivity index (χ0n) is 11.9. The van der Waals surface area contributed by atoms with Gasteiger partial charge in [-0.2, -0.15) is 0 Å². The van der Waals surface area contributed by atoms with E-state index in [4.69, 9.17) is 0 Å². The molecule has 0 amide bonds. The molecule has 100 valence electrons. The minimum atomic E-state index is 0.729. The SMILES string of the molecule is CC1CCCCC1N(C)C(C)CCNC1CC1. The molecule has 1 N–H and O–H groups in total. The van der Waals surface area contributed by atoms with Gasteiger partial charge in [0.1, 0.15) is 0 Å². The van der Waals surface area contributed by atoms with Crippen molar-refractivity contribution in [2.45, 2.75) is 76.9 Å². The average molecular weight is 238 g/mol. The van der Waals surface area contributed by atoms with Crippen LogP contribution in [0.1, 0.15) is 58.8 Å². The van der Waals surface area contributed by atoms with Gasteiger partial charge in [0.05, 0.1) is 0 Å². The van der Waals surface area contributed by atoms with Crippen LogP contribution in [0.4, 0.5) is 0 Å². The van der Waals surface area contributed by atoms with E-state index in [1.54, 1.807) is 0 Å². The zero-order chi connectivity index (χ0) is 12.3. The van der Waals surface area contributed by atoms with Gasteiger partial charge in [0.15, 0.2) is 0 Å². The topological polar surface area (TPSA) is 15.3 Å². The van der Waals surface area contributed by atoms with Crippen molar-refractivity contribution >= 4 is 0 Å². The number of nitrogens with zero attached hydrogens (tertiary/aromatic N) is 1. The van der Waals surface area contributed by atoms with Crippen LogP contribution < -0.4 is 5.32 Å². The molecule has 0 aromatic heterocycles. The molecule has 2 fully saturated rings. The fourth-order valence-corrected chi connectivity index (χ4v) is 3.22. The van der Waals surface area contributed by atoms with Gasteiger partial charge >= 0.3 is 0 Å². The summed E-state index contributed by atoms with van der Waals surface area (Å²) < 4.78 is 0. The van der Waals surface area contributed by atoms with Crippen LogP contribution in [0.5, 0.6) is 0 Å². The van der Waals surface area contributed by atoms with Gasteiger partial charge in [-0.1, -0.05) is 19.8 Å². The Labute approximate surface area is 107 Å². The van der Waals surface area contributed by atoms with Crippen LogP contribution in [-0.4, -0.2) is 36.6 Å². The van der Waals surface area contributed by atoms with Gasteiger partial charge in [-0.15, -0.1) is 0 Å². The highest BCUT2D eigenvalue weighted by Crippen LogP contribution is 2.28. The second-order valence-corrected chi connectivity index (χ2v) is 6.36. The molecule has 3 unspecified atom stereocenters. The summed E-state index contributed by atoms with van der Waals surface area (Å²) in [5.74, 6) is 0.896. The van der Waals surface area contributed by atoms with Gasteiger partial charge in [0, 0.05) is 18.1 Å². The van der Waals surface area contributed by atoms with Crippen molar-refractivity contribution in [1.82, 2.24) is 10.2 Å². The lowest BCUT2D eigenvalue weighted by Gasteiger charge is -2.39. The van der Waals surface area contributed by atoms with Gasteiger partial charge in [0.2, 0.25) is 0 Å². The largest absolute Gasteiger partial charge is 0.314 e. The van der Waals surface area contributed by atoms with Crippen LogP contribution >= 0.6 is 0 Å². The molecule has 17 heavy (non-hydrogen) atoms. The fraction of sp³-hybridized carbons (Fsp3) is 1.00. The third-order valence-electron chi connectivity index (χ3n) is 4.86. The second kappa shape index (κ2) is 6.19. The summed E-state index contributed by atoms with van der Waals surface area (Å²) in [5, 5.41) is 3.63. The Kier molecular flexibility index (Phi) is 4.87. The molecular weight excluding hydrogens is 208 g/mol. The van der Waals surface area contributed by atoms with Crippen molar-refractivity contribution < 1.29 is 0 Å². The second-order valence-electron chi connectivity index (χ2n) is 6.36. The third kappa shape index (κ3) is 3.96. The maximum Gasteiger partial charge on any atom is 0.0121 e. The molecule has 2 heteroatoms. The van der Waals surface area contributed by atoms with E-state index in [0.717, 1.165) is 24.0 Å². The first-order valence-corrected chi connectivity index (χ1v) is 7.64. The van der Waals surface area contributed by atoms with E-state index in [1.165, 1.54) is 51.5 Å². The van der Waals surface area contributed by atoms with Crippen molar-refractivity contribution in [2.75, 3.05) is 13.6 Å². The van der Waals surface area contributed by atoms with E-state index in [1.807, 2.05) is 0 Å². The minimum absolute atomic E-state index is 0.729. The molecule has 0 radical (unpaired) electrons.